The highest BCUT2D eigenvalue weighted by Crippen LogP contribution is 2.52. The van der Waals surface area contributed by atoms with Gasteiger partial charge in [-0.1, -0.05) is 30.7 Å². The van der Waals surface area contributed by atoms with Gasteiger partial charge in [0.05, 0.1) is 12.1 Å². The van der Waals surface area contributed by atoms with Crippen molar-refractivity contribution in [2.75, 3.05) is 0 Å². The van der Waals surface area contributed by atoms with Gasteiger partial charge in [-0.25, -0.2) is 0 Å². The fraction of sp³-hybridized carbons (Fsp3) is 0.476. The van der Waals surface area contributed by atoms with Gasteiger partial charge in [-0.15, -0.1) is 0 Å². The lowest BCUT2D eigenvalue weighted by molar-refractivity contribution is 0.0921. The molecule has 5 atom stereocenters. The molecule has 28 heavy (non-hydrogen) atoms. The third-order valence-corrected chi connectivity index (χ3v) is 6.28. The molecule has 1 aromatic heterocycles. The number of halogens is 1. The number of aromatic nitrogens is 2. The summed E-state index contributed by atoms with van der Waals surface area (Å²) in [6, 6.07) is 8.70. The number of carbonyl (C=O) groups is 2. The van der Waals surface area contributed by atoms with E-state index in [1.807, 2.05) is 25.1 Å². The molecule has 0 spiro atoms. The molecule has 148 valence electrons. The van der Waals surface area contributed by atoms with Crippen LogP contribution in [0.3, 0.4) is 0 Å². The number of Topliss-reactive ketones (excluding diaryl/α,β-unsaturated/α-hetero) is 1. The molecule has 1 amide bonds. The summed E-state index contributed by atoms with van der Waals surface area (Å²) in [4.78, 5) is 25.2. The molecule has 0 saturated heterocycles. The average Bonchev–Trinajstić information content (AvgIpc) is 3.02. The highest BCUT2D eigenvalue weighted by Gasteiger charge is 2.58. The van der Waals surface area contributed by atoms with Gasteiger partial charge in [0.2, 0.25) is 0 Å². The first-order valence-corrected chi connectivity index (χ1v) is 10.2. The fourth-order valence-electron chi connectivity index (χ4n) is 4.37. The predicted octanol–water partition coefficient (Wildman–Crippen LogP) is 3.24. The number of ketones is 1. The Kier molecular flexibility index (Phi) is 5.02. The van der Waals surface area contributed by atoms with Gasteiger partial charge in [0.25, 0.3) is 5.91 Å². The van der Waals surface area contributed by atoms with Crippen LogP contribution in [0.2, 0.25) is 5.02 Å². The van der Waals surface area contributed by atoms with Crippen LogP contribution in [0.1, 0.15) is 65.7 Å². The number of fused-ring (bicyclic) bond motifs is 1. The van der Waals surface area contributed by atoms with Crippen LogP contribution in [-0.2, 0) is 0 Å². The zero-order chi connectivity index (χ0) is 20.0. The first kappa shape index (κ1) is 19.2. The zero-order valence-electron chi connectivity index (χ0n) is 15.9. The number of amides is 1. The number of aliphatic hydroxyl groups excluding tert-OH is 1. The molecule has 2 aromatic rings. The molecule has 2 fully saturated rings. The summed E-state index contributed by atoms with van der Waals surface area (Å²) in [5, 5.41) is 18.1. The maximum absolute atomic E-state index is 13.0. The lowest BCUT2D eigenvalue weighted by atomic mass is 10.1. The van der Waals surface area contributed by atoms with Crippen molar-refractivity contribution in [2.24, 2.45) is 11.8 Å². The minimum absolute atomic E-state index is 0.00593. The molecule has 2 aliphatic rings. The molecule has 7 heteroatoms. The second-order valence-corrected chi connectivity index (χ2v) is 8.19. The molecule has 0 radical (unpaired) electrons. The van der Waals surface area contributed by atoms with Crippen molar-refractivity contribution in [1.82, 2.24) is 15.1 Å². The van der Waals surface area contributed by atoms with Gasteiger partial charge in [0, 0.05) is 29.5 Å². The lowest BCUT2D eigenvalue weighted by Crippen LogP contribution is -2.32. The molecule has 1 heterocycles. The van der Waals surface area contributed by atoms with Crippen molar-refractivity contribution in [3.63, 3.8) is 0 Å². The van der Waals surface area contributed by atoms with Crippen molar-refractivity contribution in [2.45, 2.75) is 51.3 Å². The number of rotatable bonds is 6. The second-order valence-electron chi connectivity index (χ2n) is 7.75. The Hall–Kier alpha value is -2.18. The van der Waals surface area contributed by atoms with E-state index >= 15 is 0 Å². The minimum Gasteiger partial charge on any atom is -0.393 e. The predicted molar refractivity (Wildman–Crippen MR) is 106 cm³/mol. The van der Waals surface area contributed by atoms with Crippen LogP contribution in [0.25, 0.3) is 0 Å². The number of nitrogens with zero attached hydrogens (tertiary/aromatic N) is 2. The summed E-state index contributed by atoms with van der Waals surface area (Å²) in [7, 11) is 0. The maximum Gasteiger partial charge on any atom is 0.269 e. The van der Waals surface area contributed by atoms with Crippen LogP contribution >= 0.6 is 11.6 Å². The van der Waals surface area contributed by atoms with Gasteiger partial charge >= 0.3 is 0 Å². The summed E-state index contributed by atoms with van der Waals surface area (Å²) < 4.78 is 1.60. The number of aliphatic hydroxyl groups is 1. The molecule has 2 N–H and O–H groups in total. The van der Waals surface area contributed by atoms with E-state index in [-0.39, 0.29) is 41.5 Å². The Morgan fingerprint density at radius 2 is 2.14 bits per heavy atom. The van der Waals surface area contributed by atoms with Gasteiger partial charge in [0.15, 0.2) is 5.78 Å². The van der Waals surface area contributed by atoms with Crippen LogP contribution in [-0.4, -0.2) is 38.7 Å². The van der Waals surface area contributed by atoms with Crippen molar-refractivity contribution >= 4 is 23.3 Å². The molecule has 4 rings (SSSR count). The summed E-state index contributed by atoms with van der Waals surface area (Å²) in [6.45, 7) is 3.69. The topological polar surface area (TPSA) is 84.2 Å². The Bertz CT molecular complexity index is 925. The summed E-state index contributed by atoms with van der Waals surface area (Å²) in [5.41, 5.74) is 1.54. The summed E-state index contributed by atoms with van der Waals surface area (Å²) >= 11 is 6.12. The summed E-state index contributed by atoms with van der Waals surface area (Å²) in [5.74, 6) is 0.146. The first-order chi connectivity index (χ1) is 13.4. The van der Waals surface area contributed by atoms with Crippen LogP contribution in [0.4, 0.5) is 0 Å². The van der Waals surface area contributed by atoms with E-state index in [1.54, 1.807) is 23.7 Å². The fourth-order valence-corrected chi connectivity index (χ4v) is 4.56. The molecule has 2 aliphatic carbocycles. The van der Waals surface area contributed by atoms with E-state index < -0.39 is 0 Å². The summed E-state index contributed by atoms with van der Waals surface area (Å²) in [6.07, 6.45) is 1.74. The van der Waals surface area contributed by atoms with Crippen LogP contribution in [0, 0.1) is 11.8 Å². The van der Waals surface area contributed by atoms with Gasteiger partial charge in [-0.2, -0.15) is 5.10 Å². The highest BCUT2D eigenvalue weighted by molar-refractivity contribution is 6.30. The van der Waals surface area contributed by atoms with E-state index in [9.17, 15) is 14.7 Å². The molecule has 0 bridgehead atoms. The SMILES string of the molecule is CCC(=O)c1cc(C(=O)N[C@@H]2[C@H]3CC[C@H](O)[C@H]32)n([C@@H](C)c2cccc(Cl)c2)n1. The third-order valence-electron chi connectivity index (χ3n) is 6.04. The molecule has 2 saturated carbocycles. The van der Waals surface area contributed by atoms with Gasteiger partial charge in [-0.05, 0) is 43.4 Å². The highest BCUT2D eigenvalue weighted by atomic mass is 35.5. The zero-order valence-corrected chi connectivity index (χ0v) is 16.7. The number of benzene rings is 1. The molecule has 1 aromatic carbocycles. The Morgan fingerprint density at radius 3 is 2.79 bits per heavy atom. The Morgan fingerprint density at radius 1 is 1.36 bits per heavy atom. The van der Waals surface area contributed by atoms with E-state index in [1.165, 1.54) is 0 Å². The Balaban J connectivity index is 1.62. The number of hydrogen-bond donors (Lipinski definition) is 2. The smallest absolute Gasteiger partial charge is 0.269 e. The standard InChI is InChI=1S/C21H24ClN3O3/c1-3-17(26)15-10-16(21(28)23-20-14-7-8-18(27)19(14)20)25(24-15)11(2)12-5-4-6-13(22)9-12/h4-6,9-11,14,18-20,27H,3,7-8H2,1-2H3,(H,23,28)/t11-,14-,18-,19-,20+/m0/s1. The monoisotopic (exact) mass is 401 g/mol. The lowest BCUT2D eigenvalue weighted by Gasteiger charge is -2.17. The molecular formula is C21H24ClN3O3. The number of hydrogen-bond acceptors (Lipinski definition) is 4. The molecular weight excluding hydrogens is 378 g/mol. The van der Waals surface area contributed by atoms with Crippen molar-refractivity contribution in [3.05, 3.63) is 52.3 Å². The van der Waals surface area contributed by atoms with E-state index in [0.29, 0.717) is 23.1 Å². The largest absolute Gasteiger partial charge is 0.393 e. The first-order valence-electron chi connectivity index (χ1n) is 9.77. The second kappa shape index (κ2) is 7.33. The van der Waals surface area contributed by atoms with Gasteiger partial charge in [0.1, 0.15) is 11.4 Å². The van der Waals surface area contributed by atoms with Crippen LogP contribution in [0.5, 0.6) is 0 Å². The van der Waals surface area contributed by atoms with E-state index in [2.05, 4.69) is 10.4 Å². The quantitative estimate of drug-likeness (QED) is 0.728. The van der Waals surface area contributed by atoms with Gasteiger partial charge in [-0.3, -0.25) is 14.3 Å². The normalized spacial score (nSPS) is 26.6. The maximum atomic E-state index is 13.0. The van der Waals surface area contributed by atoms with Crippen molar-refractivity contribution in [1.29, 1.82) is 0 Å². The van der Waals surface area contributed by atoms with Crippen molar-refractivity contribution < 1.29 is 14.7 Å². The average molecular weight is 402 g/mol. The minimum atomic E-state index is -0.331. The molecule has 6 nitrogen and oxygen atoms in total. The van der Waals surface area contributed by atoms with E-state index in [4.69, 9.17) is 11.6 Å². The Labute approximate surface area is 168 Å². The van der Waals surface area contributed by atoms with Crippen LogP contribution in [0.15, 0.2) is 30.3 Å². The number of carbonyl (C=O) groups excluding carboxylic acids is 2. The molecule has 0 aliphatic heterocycles. The molecule has 0 unspecified atom stereocenters. The third kappa shape index (κ3) is 3.35. The van der Waals surface area contributed by atoms with E-state index in [0.717, 1.165) is 18.4 Å². The number of nitrogens with one attached hydrogen (secondary N) is 1. The van der Waals surface area contributed by atoms with Crippen LogP contribution < -0.4 is 5.32 Å². The van der Waals surface area contributed by atoms with Gasteiger partial charge < -0.3 is 10.4 Å². The van der Waals surface area contributed by atoms with Crippen molar-refractivity contribution in [3.8, 4) is 0 Å².